The minimum Gasteiger partial charge on any atom is -0.406 e. The first-order chi connectivity index (χ1) is 14.5. The van der Waals surface area contributed by atoms with Crippen LogP contribution in [-0.2, 0) is 6.54 Å². The lowest BCUT2D eigenvalue weighted by Crippen LogP contribution is -2.48. The van der Waals surface area contributed by atoms with E-state index in [1.807, 2.05) is 12.1 Å². The number of nitriles is 2. The Morgan fingerprint density at radius 3 is 2.48 bits per heavy atom. The lowest BCUT2D eigenvalue weighted by atomic mass is 10.0. The average molecular weight is 449 g/mol. The molecule has 1 amide bonds. The Kier molecular flexibility index (Phi) is 5.73. The highest BCUT2D eigenvalue weighted by Crippen LogP contribution is 2.23. The molecule has 2 aromatic carbocycles. The number of rotatable bonds is 5. The van der Waals surface area contributed by atoms with Gasteiger partial charge >= 0.3 is 6.36 Å². The number of nitrogens with zero attached hydrogens (tertiary/aromatic N) is 5. The molecule has 1 N–H and O–H groups in total. The number of hydrogen-bond donors (Lipinski definition) is 1. The molecule has 0 spiro atoms. The fourth-order valence-electron chi connectivity index (χ4n) is 2.70. The molecule has 0 aliphatic carbocycles. The predicted molar refractivity (Wildman–Crippen MR) is 102 cm³/mol. The van der Waals surface area contributed by atoms with Gasteiger partial charge in [0.25, 0.3) is 5.91 Å². The monoisotopic (exact) mass is 448 g/mol. The van der Waals surface area contributed by atoms with Gasteiger partial charge in [0, 0.05) is 10.6 Å². The van der Waals surface area contributed by atoms with Crippen molar-refractivity contribution in [2.45, 2.75) is 25.4 Å². The molecule has 0 fully saturated rings. The first-order valence-corrected chi connectivity index (χ1v) is 8.94. The number of nitrogens with one attached hydrogen (secondary N) is 1. The number of carbonyl (C=O) groups excluding carboxylic acids is 1. The van der Waals surface area contributed by atoms with E-state index in [4.69, 9.17) is 11.6 Å². The summed E-state index contributed by atoms with van der Waals surface area (Å²) in [6, 6.07) is 11.1. The van der Waals surface area contributed by atoms with Crippen LogP contribution in [0.3, 0.4) is 0 Å². The minimum absolute atomic E-state index is 0.0214. The molecule has 1 aromatic heterocycles. The fourth-order valence-corrected chi connectivity index (χ4v) is 2.91. The molecule has 1 heterocycles. The summed E-state index contributed by atoms with van der Waals surface area (Å²) >= 11 is 5.95. The molecule has 0 aliphatic rings. The van der Waals surface area contributed by atoms with Crippen LogP contribution in [0.4, 0.5) is 13.2 Å². The summed E-state index contributed by atoms with van der Waals surface area (Å²) in [5, 5.41) is 30.0. The summed E-state index contributed by atoms with van der Waals surface area (Å²) in [5.74, 6) is -1.17. The predicted octanol–water partition coefficient (Wildman–Crippen LogP) is 3.57. The van der Waals surface area contributed by atoms with E-state index in [0.717, 1.165) is 29.1 Å². The van der Waals surface area contributed by atoms with E-state index in [2.05, 4.69) is 20.3 Å². The van der Waals surface area contributed by atoms with Crippen LogP contribution in [0.5, 0.6) is 5.75 Å². The second-order valence-corrected chi connectivity index (χ2v) is 7.07. The third kappa shape index (κ3) is 5.21. The Bertz CT molecular complexity index is 1230. The maximum Gasteiger partial charge on any atom is 0.573 e. The van der Waals surface area contributed by atoms with Crippen LogP contribution >= 0.6 is 11.6 Å². The smallest absolute Gasteiger partial charge is 0.406 e. The van der Waals surface area contributed by atoms with Crippen molar-refractivity contribution in [1.29, 1.82) is 10.5 Å². The van der Waals surface area contributed by atoms with Crippen molar-refractivity contribution in [3.8, 4) is 17.9 Å². The van der Waals surface area contributed by atoms with E-state index in [1.165, 1.54) is 19.1 Å². The molecule has 0 radical (unpaired) electrons. The van der Waals surface area contributed by atoms with Gasteiger partial charge in [-0.2, -0.15) is 25.5 Å². The molecular formula is C19H12ClF3N6O2. The van der Waals surface area contributed by atoms with Gasteiger partial charge in [-0.1, -0.05) is 11.6 Å². The third-order valence-electron chi connectivity index (χ3n) is 4.06. The zero-order valence-electron chi connectivity index (χ0n) is 15.7. The van der Waals surface area contributed by atoms with Gasteiger partial charge in [0.1, 0.15) is 28.4 Å². The third-order valence-corrected chi connectivity index (χ3v) is 4.28. The van der Waals surface area contributed by atoms with E-state index in [1.54, 1.807) is 0 Å². The second kappa shape index (κ2) is 8.13. The molecule has 1 unspecified atom stereocenters. The number of aromatic nitrogens is 3. The van der Waals surface area contributed by atoms with E-state index in [-0.39, 0.29) is 17.7 Å². The fraction of sp³-hybridized carbons (Fsp3) is 0.211. The van der Waals surface area contributed by atoms with Crippen molar-refractivity contribution in [2.75, 3.05) is 0 Å². The first-order valence-electron chi connectivity index (χ1n) is 8.56. The van der Waals surface area contributed by atoms with Crippen LogP contribution in [0.15, 0.2) is 36.4 Å². The Hall–Kier alpha value is -3.83. The van der Waals surface area contributed by atoms with Crippen molar-refractivity contribution in [2.24, 2.45) is 0 Å². The van der Waals surface area contributed by atoms with Crippen LogP contribution < -0.4 is 10.1 Å². The molecule has 158 valence electrons. The molecule has 1 atom stereocenters. The number of halogens is 4. The zero-order valence-corrected chi connectivity index (χ0v) is 16.5. The van der Waals surface area contributed by atoms with Crippen molar-refractivity contribution in [3.05, 3.63) is 52.5 Å². The van der Waals surface area contributed by atoms with Crippen LogP contribution in [0.25, 0.3) is 11.0 Å². The van der Waals surface area contributed by atoms with Gasteiger partial charge in [-0.3, -0.25) is 4.79 Å². The summed E-state index contributed by atoms with van der Waals surface area (Å²) in [6.07, 6.45) is -4.85. The van der Waals surface area contributed by atoms with E-state index >= 15 is 0 Å². The second-order valence-electron chi connectivity index (χ2n) is 6.63. The molecule has 0 saturated carbocycles. The van der Waals surface area contributed by atoms with Crippen molar-refractivity contribution in [3.63, 3.8) is 0 Å². The number of ether oxygens (including phenoxy) is 1. The van der Waals surface area contributed by atoms with Crippen molar-refractivity contribution >= 4 is 28.5 Å². The van der Waals surface area contributed by atoms with Gasteiger partial charge in [-0.15, -0.1) is 13.2 Å². The summed E-state index contributed by atoms with van der Waals surface area (Å²) < 4.78 is 40.5. The van der Waals surface area contributed by atoms with Crippen LogP contribution in [0, 0.1) is 22.7 Å². The highest BCUT2D eigenvalue weighted by Gasteiger charge is 2.32. The van der Waals surface area contributed by atoms with Crippen molar-refractivity contribution < 1.29 is 22.7 Å². The van der Waals surface area contributed by atoms with Gasteiger partial charge in [0.05, 0.1) is 18.2 Å². The molecular weight excluding hydrogens is 437 g/mol. The number of alkyl halides is 3. The van der Waals surface area contributed by atoms with Crippen molar-refractivity contribution in [1.82, 2.24) is 20.3 Å². The maximum atomic E-state index is 12.5. The normalized spacial score (nSPS) is 13.1. The zero-order chi connectivity index (χ0) is 22.8. The van der Waals surface area contributed by atoms with Crippen LogP contribution in [0.2, 0.25) is 5.02 Å². The number of hydrogen-bond acceptors (Lipinski definition) is 6. The lowest BCUT2D eigenvalue weighted by molar-refractivity contribution is -0.274. The summed E-state index contributed by atoms with van der Waals surface area (Å²) in [5.41, 5.74) is -0.607. The number of amides is 1. The highest BCUT2D eigenvalue weighted by molar-refractivity contribution is 6.31. The maximum absolute atomic E-state index is 12.5. The quantitative estimate of drug-likeness (QED) is 0.637. The summed E-state index contributed by atoms with van der Waals surface area (Å²) in [4.78, 5) is 13.6. The van der Waals surface area contributed by atoms with Gasteiger partial charge in [0.2, 0.25) is 0 Å². The summed E-state index contributed by atoms with van der Waals surface area (Å²) in [7, 11) is 0. The molecule has 31 heavy (non-hydrogen) atoms. The Balaban J connectivity index is 1.78. The van der Waals surface area contributed by atoms with Gasteiger partial charge < -0.3 is 10.1 Å². The molecule has 0 saturated heterocycles. The molecule has 0 aliphatic heterocycles. The highest BCUT2D eigenvalue weighted by atomic mass is 35.5. The molecule has 3 rings (SSSR count). The van der Waals surface area contributed by atoms with Gasteiger partial charge in [-0.25, -0.2) is 0 Å². The molecule has 8 nitrogen and oxygen atoms in total. The van der Waals surface area contributed by atoms with E-state index < -0.39 is 23.6 Å². The number of benzene rings is 2. The summed E-state index contributed by atoms with van der Waals surface area (Å²) in [6.45, 7) is 1.26. The SMILES string of the molecule is CC(C#N)(Cn1nc2cc(Cl)cc(C#N)c2n1)NC(=O)c1ccc(OC(F)(F)F)cc1. The average Bonchev–Trinajstić information content (AvgIpc) is 3.08. The van der Waals surface area contributed by atoms with E-state index in [0.29, 0.717) is 16.1 Å². The molecule has 0 bridgehead atoms. The first kappa shape index (κ1) is 21.9. The topological polar surface area (TPSA) is 117 Å². The van der Waals surface area contributed by atoms with Crippen LogP contribution in [-0.4, -0.2) is 32.8 Å². The van der Waals surface area contributed by atoms with E-state index in [9.17, 15) is 28.5 Å². The van der Waals surface area contributed by atoms with Gasteiger partial charge in [-0.05, 0) is 43.3 Å². The molecule has 12 heteroatoms. The van der Waals surface area contributed by atoms with Gasteiger partial charge in [0.15, 0.2) is 0 Å². The Labute approximate surface area is 178 Å². The lowest BCUT2D eigenvalue weighted by Gasteiger charge is -2.22. The van der Waals surface area contributed by atoms with Crippen LogP contribution in [0.1, 0.15) is 22.8 Å². The number of fused-ring (bicyclic) bond motifs is 1. The minimum atomic E-state index is -4.85. The largest absolute Gasteiger partial charge is 0.573 e. The Morgan fingerprint density at radius 1 is 1.23 bits per heavy atom. The standard InChI is InChI=1S/C19H12ClF3N6O2/c1-18(9-25,10-29-27-15-7-13(20)6-12(8-24)16(15)28-29)26-17(30)11-2-4-14(5-3-11)31-19(21,22)23/h2-7H,10H2,1H3,(H,26,30). The Morgan fingerprint density at radius 2 is 1.90 bits per heavy atom. The number of carbonyl (C=O) groups is 1. The molecule has 3 aromatic rings.